The van der Waals surface area contributed by atoms with Crippen molar-refractivity contribution in [1.82, 2.24) is 8.80 Å². The van der Waals surface area contributed by atoms with Crippen LogP contribution in [0.2, 0.25) is 0 Å². The number of benzene rings is 9. The molecule has 0 saturated carbocycles. The first-order valence-corrected chi connectivity index (χ1v) is 20.7. The zero-order chi connectivity index (χ0) is 41.1. The van der Waals surface area contributed by atoms with Gasteiger partial charge in [-0.3, -0.25) is 0 Å². The van der Waals surface area contributed by atoms with Gasteiger partial charge in [0.05, 0.1) is 57.2 Å². The zero-order valence-corrected chi connectivity index (χ0v) is 33.2. The fourth-order valence-electron chi connectivity index (χ4n) is 10.4. The van der Waals surface area contributed by atoms with Gasteiger partial charge >= 0.3 is 0 Å². The molecule has 0 aliphatic rings. The molecule has 0 bridgehead atoms. The van der Waals surface area contributed by atoms with Gasteiger partial charge in [0.2, 0.25) is 0 Å². The number of nitriles is 1. The molecule has 0 unspecified atom stereocenters. The lowest BCUT2D eigenvalue weighted by atomic mass is 10.0. The molecule has 4 heterocycles. The lowest BCUT2D eigenvalue weighted by molar-refractivity contribution is 1.30. The number of aromatic nitrogens is 2. The molecule has 0 amide bonds. The van der Waals surface area contributed by atoms with Gasteiger partial charge in [-0.25, -0.2) is 4.85 Å². The predicted octanol–water partition coefficient (Wildman–Crippen LogP) is 15.3. The Morgan fingerprint density at radius 1 is 0.403 bits per heavy atom. The molecule has 0 fully saturated rings. The van der Waals surface area contributed by atoms with Crippen molar-refractivity contribution >= 4 is 116 Å². The van der Waals surface area contributed by atoms with E-state index in [0.29, 0.717) is 11.3 Å². The summed E-state index contributed by atoms with van der Waals surface area (Å²) in [5.41, 5.74) is 13.8. The summed E-state index contributed by atoms with van der Waals surface area (Å²) in [7, 11) is 0. The van der Waals surface area contributed by atoms with Crippen LogP contribution >= 0.6 is 0 Å². The fraction of sp³-hybridized carbons (Fsp3) is 0. The normalized spacial score (nSPS) is 11.8. The van der Waals surface area contributed by atoms with E-state index in [1.165, 1.54) is 0 Å². The van der Waals surface area contributed by atoms with Crippen LogP contribution in [0, 0.1) is 17.9 Å². The average molecular weight is 789 g/mol. The summed E-state index contributed by atoms with van der Waals surface area (Å²) in [5.74, 6) is 0. The minimum Gasteiger partial charge on any atom is -0.310 e. The second-order valence-corrected chi connectivity index (χ2v) is 15.9. The molecule has 0 saturated heterocycles. The Morgan fingerprint density at radius 3 is 1.26 bits per heavy atom. The topological polar surface area (TPSA) is 43.5 Å². The number of hydrogen-bond donors (Lipinski definition) is 0. The van der Waals surface area contributed by atoms with E-state index in [2.05, 4.69) is 175 Å². The third-order valence-corrected chi connectivity index (χ3v) is 12.8. The smallest absolute Gasteiger partial charge is 0.197 e. The highest BCUT2D eigenvalue weighted by atomic mass is 15.2. The van der Waals surface area contributed by atoms with Crippen LogP contribution < -0.4 is 9.80 Å². The van der Waals surface area contributed by atoms with Gasteiger partial charge in [-0.15, -0.1) is 0 Å². The number of rotatable bonds is 6. The molecule has 6 nitrogen and oxygen atoms in total. The summed E-state index contributed by atoms with van der Waals surface area (Å²) >= 11 is 0. The molecule has 0 N–H and O–H groups in total. The van der Waals surface area contributed by atoms with Crippen molar-refractivity contribution in [2.45, 2.75) is 0 Å². The SMILES string of the molecule is [C-]#[N+]c1cccc2c1c1c(N(c3ccccc3)c3ccccc3)ccc3c4cc5c(cc4n2c31)c1ccc(N(c2ccccc2)c2ccccc2)c2c3c(C#N)cccc3n5c12. The van der Waals surface area contributed by atoms with E-state index in [0.717, 1.165) is 110 Å². The number of para-hydroxylation sites is 4. The van der Waals surface area contributed by atoms with E-state index < -0.39 is 0 Å². The quantitative estimate of drug-likeness (QED) is 0.158. The predicted molar refractivity (Wildman–Crippen MR) is 256 cm³/mol. The van der Waals surface area contributed by atoms with Crippen LogP contribution in [0.1, 0.15) is 5.56 Å². The Bertz CT molecular complexity index is 3650. The molecule has 0 aliphatic heterocycles. The summed E-state index contributed by atoms with van der Waals surface area (Å²) in [4.78, 5) is 8.73. The summed E-state index contributed by atoms with van der Waals surface area (Å²) in [6.45, 7) is 8.38. The van der Waals surface area contributed by atoms with E-state index in [-0.39, 0.29) is 0 Å². The number of hydrogen-bond acceptors (Lipinski definition) is 3. The first kappa shape index (κ1) is 34.1. The van der Waals surface area contributed by atoms with Crippen LogP contribution in [0.3, 0.4) is 0 Å². The highest BCUT2D eigenvalue weighted by Gasteiger charge is 2.29. The van der Waals surface area contributed by atoms with Crippen LogP contribution in [0.5, 0.6) is 0 Å². The molecular weight excluding hydrogens is 757 g/mol. The van der Waals surface area contributed by atoms with Crippen molar-refractivity contribution in [3.63, 3.8) is 0 Å². The molecule has 0 aliphatic carbocycles. The van der Waals surface area contributed by atoms with Gasteiger partial charge in [-0.1, -0.05) is 103 Å². The zero-order valence-electron chi connectivity index (χ0n) is 33.2. The third-order valence-electron chi connectivity index (χ3n) is 12.8. The van der Waals surface area contributed by atoms with Gasteiger partial charge in [0.15, 0.2) is 5.69 Å². The lowest BCUT2D eigenvalue weighted by Gasteiger charge is -2.26. The van der Waals surface area contributed by atoms with Crippen LogP contribution in [0.4, 0.5) is 39.8 Å². The van der Waals surface area contributed by atoms with Crippen LogP contribution in [-0.2, 0) is 0 Å². The number of fused-ring (bicyclic) bond motifs is 12. The van der Waals surface area contributed by atoms with Crippen molar-refractivity contribution in [3.8, 4) is 6.07 Å². The Labute approximate surface area is 355 Å². The van der Waals surface area contributed by atoms with Crippen molar-refractivity contribution in [1.29, 1.82) is 5.26 Å². The molecule has 9 aromatic carbocycles. The first-order valence-electron chi connectivity index (χ1n) is 20.7. The number of anilines is 6. The second kappa shape index (κ2) is 12.8. The summed E-state index contributed by atoms with van der Waals surface area (Å²) in [5, 5.41) is 19.2. The molecule has 0 spiro atoms. The average Bonchev–Trinajstić information content (AvgIpc) is 4.07. The maximum Gasteiger partial charge on any atom is 0.197 e. The molecule has 0 atom stereocenters. The number of nitrogens with zero attached hydrogens (tertiary/aromatic N) is 6. The summed E-state index contributed by atoms with van der Waals surface area (Å²) < 4.78 is 4.77. The van der Waals surface area contributed by atoms with Crippen LogP contribution in [0.25, 0.3) is 81.0 Å². The van der Waals surface area contributed by atoms with Crippen molar-refractivity contribution < 1.29 is 0 Å². The van der Waals surface area contributed by atoms with E-state index >= 15 is 0 Å². The molecule has 4 aromatic heterocycles. The van der Waals surface area contributed by atoms with Crippen LogP contribution in [-0.4, -0.2) is 8.80 Å². The standard InChI is InChI=1S/C56H32N6/c1-58-44-25-15-27-46-52(44)54-48(60(38-21-10-4-11-22-38)39-23-12-5-13-24-39)31-29-41-43-32-49-42(33-50(43)62(46)56(41)54)40-28-30-47(53-51-35(34-57)16-14-26-45(51)61(49)55(40)53)59(36-17-6-2-7-18-36)37-19-8-3-9-20-37/h2-33H. The Hall–Kier alpha value is -8.84. The van der Waals surface area contributed by atoms with Crippen molar-refractivity contribution in [2.24, 2.45) is 0 Å². The molecule has 286 valence electrons. The minimum atomic E-state index is 0.629. The highest BCUT2D eigenvalue weighted by molar-refractivity contribution is 6.33. The Morgan fingerprint density at radius 2 is 0.823 bits per heavy atom. The Kier molecular flexibility index (Phi) is 7.05. The van der Waals surface area contributed by atoms with Gasteiger partial charge in [-0.2, -0.15) is 5.26 Å². The molecule has 62 heavy (non-hydrogen) atoms. The van der Waals surface area contributed by atoms with Crippen molar-refractivity contribution in [3.05, 3.63) is 211 Å². The van der Waals surface area contributed by atoms with E-state index in [1.807, 2.05) is 48.5 Å². The van der Waals surface area contributed by atoms with Gasteiger partial charge in [0, 0.05) is 71.4 Å². The Balaban J connectivity index is 1.17. The molecule has 0 radical (unpaired) electrons. The third kappa shape index (κ3) is 4.50. The molecule has 13 rings (SSSR count). The summed E-state index contributed by atoms with van der Waals surface area (Å²) in [6.07, 6.45) is 0. The first-order chi connectivity index (χ1) is 30.7. The minimum absolute atomic E-state index is 0.629. The van der Waals surface area contributed by atoms with Gasteiger partial charge in [0.25, 0.3) is 0 Å². The van der Waals surface area contributed by atoms with E-state index in [4.69, 9.17) is 6.57 Å². The monoisotopic (exact) mass is 788 g/mol. The van der Waals surface area contributed by atoms with Gasteiger partial charge in [0.1, 0.15) is 0 Å². The fourth-order valence-corrected chi connectivity index (χ4v) is 10.4. The molecular formula is C56H32N6. The largest absolute Gasteiger partial charge is 0.310 e. The van der Waals surface area contributed by atoms with Gasteiger partial charge in [-0.05, 0) is 91.0 Å². The molecule has 6 heteroatoms. The molecule has 13 aromatic rings. The lowest BCUT2D eigenvalue weighted by Crippen LogP contribution is -2.10. The van der Waals surface area contributed by atoms with Crippen LogP contribution in [0.15, 0.2) is 194 Å². The highest BCUT2D eigenvalue weighted by Crippen LogP contribution is 2.52. The van der Waals surface area contributed by atoms with E-state index in [9.17, 15) is 5.26 Å². The maximum absolute atomic E-state index is 10.7. The second-order valence-electron chi connectivity index (χ2n) is 15.9. The van der Waals surface area contributed by atoms with E-state index in [1.54, 1.807) is 0 Å². The van der Waals surface area contributed by atoms with Crippen molar-refractivity contribution in [2.75, 3.05) is 9.80 Å². The van der Waals surface area contributed by atoms with Gasteiger partial charge < -0.3 is 18.6 Å². The maximum atomic E-state index is 10.7. The summed E-state index contributed by atoms with van der Waals surface area (Å²) in [6, 6.07) is 70.3.